The fraction of sp³-hybridized carbons (Fsp3) is 0.200. The van der Waals surface area contributed by atoms with Gasteiger partial charge in [0.1, 0.15) is 23.3 Å². The molecule has 34 heavy (non-hydrogen) atoms. The number of benzene rings is 4. The number of aryl methyl sites for hydroxylation is 3. The van der Waals surface area contributed by atoms with Crippen LogP contribution in [0.15, 0.2) is 48.5 Å². The minimum atomic E-state index is -0.601. The monoisotopic (exact) mass is 458 g/mol. The van der Waals surface area contributed by atoms with Crippen LogP contribution >= 0.6 is 0 Å². The molecule has 0 N–H and O–H groups in total. The third-order valence-corrected chi connectivity index (χ3v) is 7.38. The molecule has 170 valence electrons. The van der Waals surface area contributed by atoms with Crippen LogP contribution in [0.1, 0.15) is 44.5 Å². The summed E-state index contributed by atoms with van der Waals surface area (Å²) in [5.41, 5.74) is 7.36. The highest BCUT2D eigenvalue weighted by molar-refractivity contribution is 5.79. The minimum absolute atomic E-state index is 0.00636. The van der Waals surface area contributed by atoms with E-state index in [1.165, 1.54) is 6.07 Å². The van der Waals surface area contributed by atoms with Gasteiger partial charge in [0.05, 0.1) is 0 Å². The first-order chi connectivity index (χ1) is 16.3. The van der Waals surface area contributed by atoms with E-state index in [0.717, 1.165) is 16.7 Å². The van der Waals surface area contributed by atoms with Gasteiger partial charge in [0.2, 0.25) is 0 Å². The van der Waals surface area contributed by atoms with E-state index in [2.05, 4.69) is 0 Å². The molecule has 0 radical (unpaired) electrons. The lowest BCUT2D eigenvalue weighted by Gasteiger charge is -2.12. The van der Waals surface area contributed by atoms with Gasteiger partial charge in [0.25, 0.3) is 0 Å². The lowest BCUT2D eigenvalue weighted by molar-refractivity contribution is 0.544. The molecule has 0 saturated carbocycles. The summed E-state index contributed by atoms with van der Waals surface area (Å²) in [7, 11) is 0. The fourth-order valence-electron chi connectivity index (χ4n) is 5.56. The highest BCUT2D eigenvalue weighted by atomic mass is 19.1. The first-order valence-electron chi connectivity index (χ1n) is 11.5. The van der Waals surface area contributed by atoms with E-state index in [0.29, 0.717) is 50.9 Å². The maximum atomic E-state index is 15.4. The predicted molar refractivity (Wildman–Crippen MR) is 126 cm³/mol. The summed E-state index contributed by atoms with van der Waals surface area (Å²) in [6, 6.07) is 14.3. The van der Waals surface area contributed by atoms with Crippen molar-refractivity contribution in [2.75, 3.05) is 0 Å². The lowest BCUT2D eigenvalue weighted by atomic mass is 9.95. The van der Waals surface area contributed by atoms with Crippen LogP contribution in [0.2, 0.25) is 0 Å². The molecule has 0 nitrogen and oxygen atoms in total. The zero-order valence-electron chi connectivity index (χ0n) is 19.0. The molecule has 0 heterocycles. The van der Waals surface area contributed by atoms with Crippen LogP contribution in [-0.4, -0.2) is 0 Å². The fourth-order valence-corrected chi connectivity index (χ4v) is 5.56. The summed E-state index contributed by atoms with van der Waals surface area (Å²) in [5.74, 6) is -1.84. The molecule has 0 aliphatic heterocycles. The van der Waals surface area contributed by atoms with Crippen molar-refractivity contribution < 1.29 is 17.6 Å². The molecule has 4 aromatic carbocycles. The molecular formula is C30H22F4. The van der Waals surface area contributed by atoms with Crippen LogP contribution in [0, 0.1) is 37.1 Å². The van der Waals surface area contributed by atoms with Gasteiger partial charge < -0.3 is 0 Å². The van der Waals surface area contributed by atoms with Gasteiger partial charge in [0, 0.05) is 35.1 Å². The molecule has 4 heteroatoms. The van der Waals surface area contributed by atoms with Gasteiger partial charge in [-0.3, -0.25) is 0 Å². The SMILES string of the molecule is Cc1ccc2c(c1)Cc1c-2cc(F)c(CCc2ccc3c(c2F)Cc2c-3ccc(C)c2F)c1F. The predicted octanol–water partition coefficient (Wildman–Crippen LogP) is 7.79. The second kappa shape index (κ2) is 7.56. The standard InChI is InChI=1S/C30H22F4/c1-15-3-7-19-18(11-15)12-24-23(19)14-27(31)22(30(24)34)10-6-17-5-9-21-20-8-4-16(2)28(32)25(20)13-26(21)29(17)33/h3-5,7-9,11,14H,6,10,12-13H2,1-2H3. The first-order valence-corrected chi connectivity index (χ1v) is 11.5. The number of hydrogen-bond donors (Lipinski definition) is 0. The van der Waals surface area contributed by atoms with Crippen molar-refractivity contribution in [1.82, 2.24) is 0 Å². The molecule has 6 rings (SSSR count). The molecule has 0 saturated heterocycles. The van der Waals surface area contributed by atoms with Crippen LogP contribution in [0.5, 0.6) is 0 Å². The van der Waals surface area contributed by atoms with Gasteiger partial charge in [-0.2, -0.15) is 0 Å². The van der Waals surface area contributed by atoms with Crippen molar-refractivity contribution >= 4 is 0 Å². The molecular weight excluding hydrogens is 436 g/mol. The van der Waals surface area contributed by atoms with E-state index in [1.807, 2.05) is 31.2 Å². The quantitative estimate of drug-likeness (QED) is 0.238. The largest absolute Gasteiger partial charge is 0.207 e. The summed E-state index contributed by atoms with van der Waals surface area (Å²) >= 11 is 0. The topological polar surface area (TPSA) is 0 Å². The second-order valence-electron chi connectivity index (χ2n) is 9.48. The van der Waals surface area contributed by atoms with Crippen molar-refractivity contribution in [3.05, 3.63) is 116 Å². The van der Waals surface area contributed by atoms with Gasteiger partial charge in [-0.25, -0.2) is 17.6 Å². The molecule has 0 fully saturated rings. The van der Waals surface area contributed by atoms with E-state index in [1.54, 1.807) is 25.1 Å². The third kappa shape index (κ3) is 3.04. The smallest absolute Gasteiger partial charge is 0.133 e. The summed E-state index contributed by atoms with van der Waals surface area (Å²) < 4.78 is 60.4. The Kier molecular flexibility index (Phi) is 4.70. The maximum Gasteiger partial charge on any atom is 0.133 e. The minimum Gasteiger partial charge on any atom is -0.207 e. The summed E-state index contributed by atoms with van der Waals surface area (Å²) in [6.07, 6.45) is 0.838. The van der Waals surface area contributed by atoms with Crippen LogP contribution in [-0.2, 0) is 25.7 Å². The molecule has 0 atom stereocenters. The number of halogens is 4. The normalized spacial score (nSPS) is 13.0. The van der Waals surface area contributed by atoms with Crippen molar-refractivity contribution in [2.45, 2.75) is 39.5 Å². The average Bonchev–Trinajstić information content (AvgIpc) is 3.36. The van der Waals surface area contributed by atoms with E-state index < -0.39 is 17.5 Å². The zero-order valence-corrected chi connectivity index (χ0v) is 19.0. The van der Waals surface area contributed by atoms with E-state index in [4.69, 9.17) is 0 Å². The Balaban J connectivity index is 1.31. The van der Waals surface area contributed by atoms with Crippen LogP contribution in [0.25, 0.3) is 22.3 Å². The van der Waals surface area contributed by atoms with E-state index >= 15 is 8.78 Å². The summed E-state index contributed by atoms with van der Waals surface area (Å²) in [4.78, 5) is 0. The number of hydrogen-bond acceptors (Lipinski definition) is 0. The van der Waals surface area contributed by atoms with E-state index in [-0.39, 0.29) is 30.6 Å². The average molecular weight is 458 g/mol. The molecule has 0 bridgehead atoms. The Morgan fingerprint density at radius 1 is 0.618 bits per heavy atom. The number of rotatable bonds is 3. The highest BCUT2D eigenvalue weighted by Crippen LogP contribution is 2.42. The Morgan fingerprint density at radius 2 is 1.29 bits per heavy atom. The summed E-state index contributed by atoms with van der Waals surface area (Å²) in [5, 5.41) is 0. The molecule has 0 aromatic heterocycles. The summed E-state index contributed by atoms with van der Waals surface area (Å²) in [6.45, 7) is 3.67. The Morgan fingerprint density at radius 3 is 2.09 bits per heavy atom. The molecule has 0 unspecified atom stereocenters. The lowest BCUT2D eigenvalue weighted by Crippen LogP contribution is -2.05. The maximum absolute atomic E-state index is 15.4. The molecule has 0 spiro atoms. The zero-order chi connectivity index (χ0) is 23.7. The van der Waals surface area contributed by atoms with Crippen molar-refractivity contribution in [2.24, 2.45) is 0 Å². The third-order valence-electron chi connectivity index (χ3n) is 7.38. The van der Waals surface area contributed by atoms with Gasteiger partial charge in [-0.1, -0.05) is 48.0 Å². The Labute approximate surface area is 195 Å². The van der Waals surface area contributed by atoms with Gasteiger partial charge in [-0.05, 0) is 71.7 Å². The highest BCUT2D eigenvalue weighted by Gasteiger charge is 2.28. The van der Waals surface area contributed by atoms with Gasteiger partial charge >= 0.3 is 0 Å². The van der Waals surface area contributed by atoms with Crippen molar-refractivity contribution in [3.63, 3.8) is 0 Å². The van der Waals surface area contributed by atoms with E-state index in [9.17, 15) is 8.78 Å². The van der Waals surface area contributed by atoms with Gasteiger partial charge in [0.15, 0.2) is 0 Å². The number of fused-ring (bicyclic) bond motifs is 6. The molecule has 0 amide bonds. The first kappa shape index (κ1) is 21.2. The Bertz CT molecular complexity index is 1510. The van der Waals surface area contributed by atoms with Crippen molar-refractivity contribution in [1.29, 1.82) is 0 Å². The van der Waals surface area contributed by atoms with Crippen LogP contribution in [0.3, 0.4) is 0 Å². The van der Waals surface area contributed by atoms with Crippen LogP contribution in [0.4, 0.5) is 17.6 Å². The molecule has 2 aliphatic rings. The van der Waals surface area contributed by atoms with Crippen LogP contribution < -0.4 is 0 Å². The Hall–Kier alpha value is -3.40. The molecule has 4 aromatic rings. The van der Waals surface area contributed by atoms with Crippen molar-refractivity contribution in [3.8, 4) is 22.3 Å². The second-order valence-corrected chi connectivity index (χ2v) is 9.48. The molecule has 2 aliphatic carbocycles. The van der Waals surface area contributed by atoms with Gasteiger partial charge in [-0.15, -0.1) is 0 Å².